The van der Waals surface area contributed by atoms with Gasteiger partial charge in [-0.15, -0.1) is 0 Å². The van der Waals surface area contributed by atoms with Crippen LogP contribution in [0.5, 0.6) is 5.75 Å². The third kappa shape index (κ3) is 1.48. The number of pyridine rings is 1. The van der Waals surface area contributed by atoms with Crippen LogP contribution in [0.25, 0.3) is 21.7 Å². The van der Waals surface area contributed by atoms with Crippen LogP contribution in [0.2, 0.25) is 0 Å². The Morgan fingerprint density at radius 1 is 1.05 bits per heavy atom. The number of benzene rings is 2. The largest absolute Gasteiger partial charge is 0.492 e. The normalized spacial score (nSPS) is 19.0. The Balaban J connectivity index is 1.87. The molecule has 1 saturated carbocycles. The van der Waals surface area contributed by atoms with E-state index < -0.39 is 0 Å². The first kappa shape index (κ1) is 12.5. The molecule has 1 spiro atoms. The smallest absolute Gasteiger partial charge is 0.134 e. The Bertz CT molecular complexity index is 906. The number of aryl methyl sites for hydroxylation is 1. The Labute approximate surface area is 130 Å². The van der Waals surface area contributed by atoms with Gasteiger partial charge in [-0.05, 0) is 36.8 Å². The van der Waals surface area contributed by atoms with Crippen molar-refractivity contribution in [3.05, 3.63) is 47.7 Å². The van der Waals surface area contributed by atoms with Crippen LogP contribution >= 0.6 is 0 Å². The lowest BCUT2D eigenvalue weighted by molar-refractivity contribution is 0.269. The van der Waals surface area contributed by atoms with E-state index in [1.54, 1.807) is 0 Å². The number of fused-ring (bicyclic) bond motifs is 6. The molecule has 2 heteroatoms. The highest BCUT2D eigenvalue weighted by molar-refractivity contribution is 6.09. The van der Waals surface area contributed by atoms with Crippen LogP contribution in [-0.4, -0.2) is 11.6 Å². The lowest BCUT2D eigenvalue weighted by Gasteiger charge is -2.20. The van der Waals surface area contributed by atoms with Crippen molar-refractivity contribution >= 4 is 21.7 Å². The Morgan fingerprint density at radius 2 is 1.82 bits per heavy atom. The summed E-state index contributed by atoms with van der Waals surface area (Å²) in [6, 6.07) is 10.8. The van der Waals surface area contributed by atoms with Crippen LogP contribution < -0.4 is 4.74 Å². The van der Waals surface area contributed by atoms with Crippen molar-refractivity contribution in [1.29, 1.82) is 0 Å². The van der Waals surface area contributed by atoms with Crippen molar-refractivity contribution in [2.45, 2.75) is 38.0 Å². The average molecular weight is 289 g/mol. The maximum Gasteiger partial charge on any atom is 0.134 e. The van der Waals surface area contributed by atoms with Gasteiger partial charge in [0, 0.05) is 27.9 Å². The molecule has 2 nitrogen and oxygen atoms in total. The zero-order valence-electron chi connectivity index (χ0n) is 12.9. The maximum atomic E-state index is 6.21. The third-order valence-electron chi connectivity index (χ3n) is 5.66. The topological polar surface area (TPSA) is 22.1 Å². The molecule has 0 radical (unpaired) electrons. The number of rotatable bonds is 0. The molecule has 1 aliphatic carbocycles. The lowest BCUT2D eigenvalue weighted by atomic mass is 9.81. The summed E-state index contributed by atoms with van der Waals surface area (Å²) in [5, 5.41) is 3.71. The molecule has 110 valence electrons. The number of aromatic nitrogens is 1. The Kier molecular flexibility index (Phi) is 2.39. The van der Waals surface area contributed by atoms with E-state index in [0.717, 1.165) is 17.9 Å². The van der Waals surface area contributed by atoms with Gasteiger partial charge < -0.3 is 4.74 Å². The molecule has 0 bridgehead atoms. The van der Waals surface area contributed by atoms with E-state index in [4.69, 9.17) is 9.72 Å². The summed E-state index contributed by atoms with van der Waals surface area (Å²) >= 11 is 0. The lowest BCUT2D eigenvalue weighted by Crippen LogP contribution is -2.23. The molecule has 1 aliphatic heterocycles. The van der Waals surface area contributed by atoms with Gasteiger partial charge in [-0.1, -0.05) is 37.1 Å². The fourth-order valence-corrected chi connectivity index (χ4v) is 4.47. The molecule has 1 aromatic heterocycles. The van der Waals surface area contributed by atoms with Gasteiger partial charge in [0.05, 0.1) is 12.1 Å². The van der Waals surface area contributed by atoms with Gasteiger partial charge in [0.1, 0.15) is 5.75 Å². The van der Waals surface area contributed by atoms with E-state index in [2.05, 4.69) is 43.5 Å². The number of hydrogen-bond donors (Lipinski definition) is 0. The second-order valence-electron chi connectivity index (χ2n) is 6.91. The quantitative estimate of drug-likeness (QED) is 0.549. The van der Waals surface area contributed by atoms with E-state index >= 15 is 0 Å². The van der Waals surface area contributed by atoms with Crippen LogP contribution in [0.1, 0.15) is 36.8 Å². The highest BCUT2D eigenvalue weighted by Crippen LogP contribution is 2.51. The summed E-state index contributed by atoms with van der Waals surface area (Å²) in [5.74, 6) is 1.10. The second kappa shape index (κ2) is 4.22. The minimum absolute atomic E-state index is 0.246. The van der Waals surface area contributed by atoms with Gasteiger partial charge in [-0.3, -0.25) is 4.98 Å². The predicted octanol–water partition coefficient (Wildman–Crippen LogP) is 4.90. The molecule has 2 heterocycles. The van der Waals surface area contributed by atoms with Crippen LogP contribution in [0.15, 0.2) is 36.5 Å². The summed E-state index contributed by atoms with van der Waals surface area (Å²) in [6.07, 6.45) is 7.23. The average Bonchev–Trinajstić information content (AvgIpc) is 3.17. The monoisotopic (exact) mass is 289 g/mol. The molecule has 2 aromatic carbocycles. The molecular weight excluding hydrogens is 270 g/mol. The van der Waals surface area contributed by atoms with Gasteiger partial charge >= 0.3 is 0 Å². The maximum absolute atomic E-state index is 6.21. The van der Waals surface area contributed by atoms with Gasteiger partial charge in [0.25, 0.3) is 0 Å². The number of ether oxygens (including phenoxy) is 1. The van der Waals surface area contributed by atoms with Crippen LogP contribution in [0.4, 0.5) is 0 Å². The zero-order chi connectivity index (χ0) is 14.7. The van der Waals surface area contributed by atoms with E-state index in [9.17, 15) is 0 Å². The molecule has 0 atom stereocenters. The standard InChI is InChI=1S/C20H19NO/c1-13-10-16-18(15-7-3-2-6-14(13)15)21-11-17-19(16)22-12-20(17)8-4-5-9-20/h2-3,6-7,10-11H,4-5,8-9,12H2,1H3. The Morgan fingerprint density at radius 3 is 2.64 bits per heavy atom. The molecule has 2 aliphatic rings. The molecule has 0 saturated heterocycles. The first-order valence-corrected chi connectivity index (χ1v) is 8.23. The summed E-state index contributed by atoms with van der Waals surface area (Å²) in [5.41, 5.74) is 3.98. The summed E-state index contributed by atoms with van der Waals surface area (Å²) in [6.45, 7) is 3.02. The first-order chi connectivity index (χ1) is 10.8. The highest BCUT2D eigenvalue weighted by Gasteiger charge is 2.43. The summed E-state index contributed by atoms with van der Waals surface area (Å²) in [4.78, 5) is 4.86. The van der Waals surface area contributed by atoms with Crippen molar-refractivity contribution in [1.82, 2.24) is 4.98 Å². The van der Waals surface area contributed by atoms with Gasteiger partial charge in [0.2, 0.25) is 0 Å². The minimum Gasteiger partial charge on any atom is -0.492 e. The molecule has 1 fully saturated rings. The first-order valence-electron chi connectivity index (χ1n) is 8.23. The molecule has 22 heavy (non-hydrogen) atoms. The van der Waals surface area contributed by atoms with Crippen molar-refractivity contribution in [2.75, 3.05) is 6.61 Å². The fourth-order valence-electron chi connectivity index (χ4n) is 4.47. The van der Waals surface area contributed by atoms with Crippen LogP contribution in [-0.2, 0) is 5.41 Å². The van der Waals surface area contributed by atoms with Crippen LogP contribution in [0, 0.1) is 6.92 Å². The number of nitrogens with zero attached hydrogens (tertiary/aromatic N) is 1. The molecule has 0 N–H and O–H groups in total. The zero-order valence-corrected chi connectivity index (χ0v) is 12.9. The van der Waals surface area contributed by atoms with E-state index in [1.165, 1.54) is 53.0 Å². The van der Waals surface area contributed by atoms with Crippen LogP contribution in [0.3, 0.4) is 0 Å². The molecule has 5 rings (SSSR count). The van der Waals surface area contributed by atoms with Gasteiger partial charge in [-0.2, -0.15) is 0 Å². The summed E-state index contributed by atoms with van der Waals surface area (Å²) < 4.78 is 6.21. The van der Waals surface area contributed by atoms with Crippen molar-refractivity contribution in [3.63, 3.8) is 0 Å². The van der Waals surface area contributed by atoms with Crippen molar-refractivity contribution < 1.29 is 4.74 Å². The van der Waals surface area contributed by atoms with Gasteiger partial charge in [0.15, 0.2) is 0 Å². The molecule has 3 aromatic rings. The van der Waals surface area contributed by atoms with Crippen molar-refractivity contribution in [2.24, 2.45) is 0 Å². The van der Waals surface area contributed by atoms with E-state index in [1.807, 2.05) is 0 Å². The second-order valence-corrected chi connectivity index (χ2v) is 6.91. The SMILES string of the molecule is Cc1cc2c3c(cnc2c2ccccc12)C1(CCCC1)CO3. The van der Waals surface area contributed by atoms with Crippen molar-refractivity contribution in [3.8, 4) is 5.75 Å². The predicted molar refractivity (Wildman–Crippen MR) is 89.6 cm³/mol. The Hall–Kier alpha value is -2.09. The summed E-state index contributed by atoms with van der Waals surface area (Å²) in [7, 11) is 0. The molecule has 0 amide bonds. The van der Waals surface area contributed by atoms with Gasteiger partial charge in [-0.25, -0.2) is 0 Å². The van der Waals surface area contributed by atoms with E-state index in [-0.39, 0.29) is 5.41 Å². The number of hydrogen-bond acceptors (Lipinski definition) is 2. The minimum atomic E-state index is 0.246. The third-order valence-corrected chi connectivity index (χ3v) is 5.66. The molecule has 0 unspecified atom stereocenters. The highest BCUT2D eigenvalue weighted by atomic mass is 16.5. The van der Waals surface area contributed by atoms with E-state index in [0.29, 0.717) is 0 Å². The fraction of sp³-hybridized carbons (Fsp3) is 0.350. The molecular formula is C20H19NO.